The third kappa shape index (κ3) is 2.74. The van der Waals surface area contributed by atoms with E-state index in [1.54, 1.807) is 36.5 Å². The van der Waals surface area contributed by atoms with Gasteiger partial charge in [-0.3, -0.25) is 9.36 Å². The molecule has 0 amide bonds. The van der Waals surface area contributed by atoms with Crippen LogP contribution in [0.4, 0.5) is 4.39 Å². The van der Waals surface area contributed by atoms with Crippen molar-refractivity contribution in [3.63, 3.8) is 0 Å². The Kier molecular flexibility index (Phi) is 3.58. The minimum Gasteiger partial charge on any atom is -0.463 e. The quantitative estimate of drug-likeness (QED) is 0.872. The molecule has 5 heteroatoms. The van der Waals surface area contributed by atoms with Crippen LogP contribution in [-0.2, 0) is 0 Å². The molecule has 1 aromatic carbocycles. The first-order valence-corrected chi connectivity index (χ1v) is 5.67. The second kappa shape index (κ2) is 5.14. The highest BCUT2D eigenvalue weighted by molar-refractivity contribution is 9.10. The number of hydrogen-bond donors (Lipinski definition) is 0. The summed E-state index contributed by atoms with van der Waals surface area (Å²) in [6.07, 6.45) is 1.67. The fourth-order valence-electron chi connectivity index (χ4n) is 1.43. The van der Waals surface area contributed by atoms with Crippen molar-refractivity contribution in [2.45, 2.75) is 0 Å². The minimum absolute atomic E-state index is 0.132. The average molecular weight is 298 g/mol. The summed E-state index contributed by atoms with van der Waals surface area (Å²) in [6.45, 7) is -0.865. The zero-order chi connectivity index (χ0) is 12.3. The summed E-state index contributed by atoms with van der Waals surface area (Å²) in [5.41, 5.74) is 0.565. The molecule has 2 aromatic rings. The van der Waals surface area contributed by atoms with Crippen molar-refractivity contribution in [2.24, 2.45) is 0 Å². The van der Waals surface area contributed by atoms with Crippen molar-refractivity contribution in [1.82, 2.24) is 4.57 Å². The first kappa shape index (κ1) is 11.9. The number of halogens is 2. The standard InChI is InChI=1S/C12H9BrFNO2/c13-9-1-6-12(16)15(7-9)10-2-4-11(5-3-10)17-8-14/h1-7H,8H2. The zero-order valence-corrected chi connectivity index (χ0v) is 10.4. The Balaban J connectivity index is 2.39. The van der Waals surface area contributed by atoms with Crippen LogP contribution < -0.4 is 10.3 Å². The van der Waals surface area contributed by atoms with E-state index in [9.17, 15) is 9.18 Å². The van der Waals surface area contributed by atoms with Crippen LogP contribution in [0.2, 0.25) is 0 Å². The summed E-state index contributed by atoms with van der Waals surface area (Å²) in [6, 6.07) is 9.76. The smallest absolute Gasteiger partial charge is 0.255 e. The topological polar surface area (TPSA) is 31.2 Å². The average Bonchev–Trinajstić information content (AvgIpc) is 2.34. The van der Waals surface area contributed by atoms with E-state index >= 15 is 0 Å². The number of ether oxygens (including phenoxy) is 1. The molecule has 1 aromatic heterocycles. The molecule has 0 N–H and O–H groups in total. The lowest BCUT2D eigenvalue weighted by atomic mass is 10.3. The first-order valence-electron chi connectivity index (χ1n) is 4.88. The third-order valence-corrected chi connectivity index (χ3v) is 2.68. The van der Waals surface area contributed by atoms with Gasteiger partial charge >= 0.3 is 0 Å². The Morgan fingerprint density at radius 2 is 1.88 bits per heavy atom. The lowest BCUT2D eigenvalue weighted by molar-refractivity contribution is 0.192. The van der Waals surface area contributed by atoms with Gasteiger partial charge in [-0.1, -0.05) is 0 Å². The van der Waals surface area contributed by atoms with Crippen LogP contribution in [0.1, 0.15) is 0 Å². The maximum atomic E-state index is 11.9. The molecule has 2 rings (SSSR count). The second-order valence-electron chi connectivity index (χ2n) is 3.30. The molecule has 0 saturated carbocycles. The lowest BCUT2D eigenvalue weighted by Crippen LogP contribution is -2.15. The molecule has 88 valence electrons. The molecule has 0 bridgehead atoms. The highest BCUT2D eigenvalue weighted by Crippen LogP contribution is 2.15. The number of pyridine rings is 1. The molecule has 3 nitrogen and oxygen atoms in total. The molecule has 0 saturated heterocycles. The number of hydrogen-bond acceptors (Lipinski definition) is 2. The van der Waals surface area contributed by atoms with E-state index in [0.717, 1.165) is 4.47 Å². The summed E-state index contributed by atoms with van der Waals surface area (Å²) >= 11 is 3.30. The molecule has 0 unspecified atom stereocenters. The Labute approximate surface area is 106 Å². The number of nitrogens with zero attached hydrogens (tertiary/aromatic N) is 1. The summed E-state index contributed by atoms with van der Waals surface area (Å²) < 4.78 is 18.9. The molecule has 1 heterocycles. The summed E-state index contributed by atoms with van der Waals surface area (Å²) in [4.78, 5) is 11.6. The van der Waals surface area contributed by atoms with E-state index in [-0.39, 0.29) is 5.56 Å². The summed E-state index contributed by atoms with van der Waals surface area (Å²) in [7, 11) is 0. The van der Waals surface area contributed by atoms with E-state index in [2.05, 4.69) is 20.7 Å². The van der Waals surface area contributed by atoms with Crippen LogP contribution in [0, 0.1) is 0 Å². The van der Waals surface area contributed by atoms with Crippen molar-refractivity contribution in [3.8, 4) is 11.4 Å². The Morgan fingerprint density at radius 1 is 1.18 bits per heavy atom. The molecule has 0 aliphatic heterocycles. The van der Waals surface area contributed by atoms with Crippen LogP contribution in [0.15, 0.2) is 51.9 Å². The Bertz CT molecular complexity index is 565. The zero-order valence-electron chi connectivity index (χ0n) is 8.77. The SMILES string of the molecule is O=c1ccc(Br)cn1-c1ccc(OCF)cc1. The molecule has 0 aliphatic carbocycles. The highest BCUT2D eigenvalue weighted by atomic mass is 79.9. The van der Waals surface area contributed by atoms with Gasteiger partial charge in [0.2, 0.25) is 6.86 Å². The summed E-state index contributed by atoms with van der Waals surface area (Å²) in [5, 5.41) is 0. The first-order chi connectivity index (χ1) is 8.20. The van der Waals surface area contributed by atoms with Crippen molar-refractivity contribution in [3.05, 3.63) is 57.4 Å². The maximum Gasteiger partial charge on any atom is 0.255 e. The number of rotatable bonds is 3. The molecular weight excluding hydrogens is 289 g/mol. The summed E-state index contributed by atoms with van der Waals surface area (Å²) in [5.74, 6) is 0.430. The molecular formula is C12H9BrFNO2. The number of benzene rings is 1. The van der Waals surface area contributed by atoms with Crippen molar-refractivity contribution >= 4 is 15.9 Å². The van der Waals surface area contributed by atoms with Crippen molar-refractivity contribution in [1.29, 1.82) is 0 Å². The van der Waals surface area contributed by atoms with Gasteiger partial charge in [-0.15, -0.1) is 0 Å². The van der Waals surface area contributed by atoms with E-state index in [1.807, 2.05) is 0 Å². The van der Waals surface area contributed by atoms with Gasteiger partial charge < -0.3 is 4.74 Å². The number of aromatic nitrogens is 1. The molecule has 0 aliphatic rings. The molecule has 0 spiro atoms. The highest BCUT2D eigenvalue weighted by Gasteiger charge is 2.01. The molecule has 17 heavy (non-hydrogen) atoms. The fourth-order valence-corrected chi connectivity index (χ4v) is 1.77. The van der Waals surface area contributed by atoms with E-state index < -0.39 is 6.86 Å². The van der Waals surface area contributed by atoms with Crippen molar-refractivity contribution in [2.75, 3.05) is 6.86 Å². The second-order valence-corrected chi connectivity index (χ2v) is 4.22. The van der Waals surface area contributed by atoms with Gasteiger partial charge in [0.15, 0.2) is 0 Å². The normalized spacial score (nSPS) is 10.2. The van der Waals surface area contributed by atoms with Crippen LogP contribution in [0.5, 0.6) is 5.75 Å². The van der Waals surface area contributed by atoms with E-state index in [4.69, 9.17) is 0 Å². The predicted octanol–water partition coefficient (Wildman–Crippen LogP) is 2.91. The van der Waals surface area contributed by atoms with Gasteiger partial charge in [0.05, 0.1) is 0 Å². The minimum atomic E-state index is -0.865. The van der Waals surface area contributed by atoms with Crippen LogP contribution in [-0.4, -0.2) is 11.4 Å². The molecule has 0 radical (unpaired) electrons. The van der Waals surface area contributed by atoms with Crippen LogP contribution >= 0.6 is 15.9 Å². The van der Waals surface area contributed by atoms with Crippen molar-refractivity contribution < 1.29 is 9.13 Å². The fraction of sp³-hybridized carbons (Fsp3) is 0.0833. The predicted molar refractivity (Wildman–Crippen MR) is 66.3 cm³/mol. The van der Waals surface area contributed by atoms with Gasteiger partial charge in [-0.05, 0) is 46.3 Å². The van der Waals surface area contributed by atoms with Gasteiger partial charge in [0.25, 0.3) is 5.56 Å². The van der Waals surface area contributed by atoms with Crippen LogP contribution in [0.25, 0.3) is 5.69 Å². The van der Waals surface area contributed by atoms with E-state index in [1.165, 1.54) is 10.6 Å². The Morgan fingerprint density at radius 3 is 2.53 bits per heavy atom. The van der Waals surface area contributed by atoms with Gasteiger partial charge in [-0.25, -0.2) is 4.39 Å². The molecule has 0 fully saturated rings. The van der Waals surface area contributed by atoms with E-state index in [0.29, 0.717) is 11.4 Å². The van der Waals surface area contributed by atoms with Gasteiger partial charge in [-0.2, -0.15) is 0 Å². The van der Waals surface area contributed by atoms with Gasteiger partial charge in [0, 0.05) is 22.4 Å². The monoisotopic (exact) mass is 297 g/mol. The lowest BCUT2D eigenvalue weighted by Gasteiger charge is -2.07. The third-order valence-electron chi connectivity index (χ3n) is 2.21. The Hall–Kier alpha value is -1.62. The number of alkyl halides is 1. The molecule has 0 atom stereocenters. The van der Waals surface area contributed by atoms with Crippen LogP contribution in [0.3, 0.4) is 0 Å². The largest absolute Gasteiger partial charge is 0.463 e. The maximum absolute atomic E-state index is 11.9. The van der Waals surface area contributed by atoms with Gasteiger partial charge in [0.1, 0.15) is 5.75 Å².